The van der Waals surface area contributed by atoms with Gasteiger partial charge in [-0.15, -0.1) is 0 Å². The van der Waals surface area contributed by atoms with Crippen molar-refractivity contribution in [3.8, 4) is 5.75 Å². The molecule has 198 valence electrons. The third-order valence-electron chi connectivity index (χ3n) is 6.44. The van der Waals surface area contributed by atoms with Crippen molar-refractivity contribution < 1.29 is 24.2 Å². The van der Waals surface area contributed by atoms with Crippen LogP contribution >= 0.6 is 11.6 Å². The number of carboxylic acids is 1. The van der Waals surface area contributed by atoms with Crippen LogP contribution in [0.15, 0.2) is 72.9 Å². The average Bonchev–Trinajstić information content (AvgIpc) is 2.94. The number of rotatable bonds is 8. The lowest BCUT2D eigenvalue weighted by molar-refractivity contribution is 0.0698. The van der Waals surface area contributed by atoms with Gasteiger partial charge in [0.1, 0.15) is 11.4 Å². The lowest BCUT2D eigenvalue weighted by atomic mass is 10.0. The van der Waals surface area contributed by atoms with E-state index in [9.17, 15) is 19.5 Å². The Labute approximate surface area is 230 Å². The molecule has 1 aromatic heterocycles. The molecule has 2 N–H and O–H groups in total. The summed E-state index contributed by atoms with van der Waals surface area (Å²) in [6.45, 7) is 3.74. The Hall–Kier alpha value is -4.69. The molecule has 0 spiro atoms. The molecule has 0 saturated heterocycles. The Balaban J connectivity index is 1.56. The lowest BCUT2D eigenvalue weighted by Gasteiger charge is -2.19. The van der Waals surface area contributed by atoms with Gasteiger partial charge in [-0.05, 0) is 91.7 Å². The molecule has 0 unspecified atom stereocenters. The second-order valence-corrected chi connectivity index (χ2v) is 9.34. The van der Waals surface area contributed by atoms with E-state index in [2.05, 4.69) is 10.3 Å². The highest BCUT2D eigenvalue weighted by Crippen LogP contribution is 2.27. The molecule has 0 fully saturated rings. The standard InChI is InChI=1S/C30H26ClN3O5/c1-17-13-20(15-27(39-4)18(17)2)29(36)33-25-11-5-19(14-24(25)30(37)38)28(35)26-12-10-23(16-32-26)34(3)22-8-6-21(31)7-9-22/h5-16H,1-4H3,(H,33,36)(H,37,38). The van der Waals surface area contributed by atoms with Gasteiger partial charge in [0.25, 0.3) is 5.91 Å². The molecule has 4 aromatic rings. The van der Waals surface area contributed by atoms with Gasteiger partial charge in [0.15, 0.2) is 0 Å². The molecule has 0 bridgehead atoms. The molecule has 0 aliphatic heterocycles. The summed E-state index contributed by atoms with van der Waals surface area (Å²) in [7, 11) is 3.38. The van der Waals surface area contributed by atoms with Crippen molar-refractivity contribution in [1.29, 1.82) is 0 Å². The normalized spacial score (nSPS) is 10.6. The quantitative estimate of drug-likeness (QED) is 0.251. The molecule has 0 saturated carbocycles. The highest BCUT2D eigenvalue weighted by molar-refractivity contribution is 6.30. The minimum atomic E-state index is -1.29. The van der Waals surface area contributed by atoms with Crippen LogP contribution in [0, 0.1) is 13.8 Å². The molecule has 1 heterocycles. The average molecular weight is 544 g/mol. The van der Waals surface area contributed by atoms with Crippen LogP contribution in [0.5, 0.6) is 5.75 Å². The first-order valence-corrected chi connectivity index (χ1v) is 12.3. The summed E-state index contributed by atoms with van der Waals surface area (Å²) in [5, 5.41) is 13.1. The molecule has 39 heavy (non-hydrogen) atoms. The number of ether oxygens (including phenoxy) is 1. The summed E-state index contributed by atoms with van der Waals surface area (Å²) >= 11 is 5.96. The molecule has 3 aromatic carbocycles. The molecule has 9 heteroatoms. The van der Waals surface area contributed by atoms with E-state index in [0.717, 1.165) is 22.5 Å². The van der Waals surface area contributed by atoms with E-state index in [0.29, 0.717) is 16.3 Å². The zero-order valence-corrected chi connectivity index (χ0v) is 22.5. The van der Waals surface area contributed by atoms with Gasteiger partial charge in [0.2, 0.25) is 5.78 Å². The molecule has 0 aliphatic carbocycles. The Morgan fingerprint density at radius 2 is 1.62 bits per heavy atom. The van der Waals surface area contributed by atoms with Crippen LogP contribution in [-0.4, -0.2) is 41.9 Å². The molecule has 0 aliphatic rings. The second kappa shape index (κ2) is 11.4. The number of aromatic nitrogens is 1. The van der Waals surface area contributed by atoms with Gasteiger partial charge in [0, 0.05) is 28.9 Å². The number of aryl methyl sites for hydroxylation is 1. The number of aromatic carboxylic acids is 1. The van der Waals surface area contributed by atoms with Gasteiger partial charge in [-0.25, -0.2) is 4.79 Å². The van der Waals surface area contributed by atoms with E-state index in [4.69, 9.17) is 16.3 Å². The number of nitrogens with zero attached hydrogens (tertiary/aromatic N) is 2. The van der Waals surface area contributed by atoms with Crippen molar-refractivity contribution in [2.24, 2.45) is 0 Å². The van der Waals surface area contributed by atoms with Crippen LogP contribution in [0.1, 0.15) is 47.9 Å². The number of pyridine rings is 1. The minimum absolute atomic E-state index is 0.0640. The molecule has 8 nitrogen and oxygen atoms in total. The van der Waals surface area contributed by atoms with E-state index in [1.165, 1.54) is 25.3 Å². The van der Waals surface area contributed by atoms with Crippen LogP contribution < -0.4 is 15.0 Å². The molecule has 0 atom stereocenters. The van der Waals surface area contributed by atoms with E-state index < -0.39 is 17.7 Å². The Morgan fingerprint density at radius 1 is 0.923 bits per heavy atom. The third-order valence-corrected chi connectivity index (χ3v) is 6.70. The number of amides is 1. The fourth-order valence-electron chi connectivity index (χ4n) is 4.02. The number of carbonyl (C=O) groups excluding carboxylic acids is 2. The molecular formula is C30H26ClN3O5. The lowest BCUT2D eigenvalue weighted by Crippen LogP contribution is -2.16. The molecule has 0 radical (unpaired) electrons. The molecular weight excluding hydrogens is 518 g/mol. The summed E-state index contributed by atoms with van der Waals surface area (Å²) in [6.07, 6.45) is 1.56. The fourth-order valence-corrected chi connectivity index (χ4v) is 4.14. The van der Waals surface area contributed by atoms with Crippen LogP contribution in [0.4, 0.5) is 17.1 Å². The Bertz CT molecular complexity index is 1570. The van der Waals surface area contributed by atoms with Crippen LogP contribution in [-0.2, 0) is 0 Å². The van der Waals surface area contributed by atoms with Gasteiger partial charge in [-0.1, -0.05) is 11.6 Å². The second-order valence-electron chi connectivity index (χ2n) is 8.91. The zero-order valence-electron chi connectivity index (χ0n) is 21.8. The van der Waals surface area contributed by atoms with Gasteiger partial charge in [-0.3, -0.25) is 14.6 Å². The summed E-state index contributed by atoms with van der Waals surface area (Å²) in [4.78, 5) is 44.2. The number of halogens is 1. The van der Waals surface area contributed by atoms with Crippen molar-refractivity contribution in [1.82, 2.24) is 4.98 Å². The van der Waals surface area contributed by atoms with Crippen molar-refractivity contribution in [2.75, 3.05) is 24.4 Å². The van der Waals surface area contributed by atoms with Crippen molar-refractivity contribution in [3.05, 3.63) is 111 Å². The van der Waals surface area contributed by atoms with Gasteiger partial charge in [0.05, 0.1) is 30.2 Å². The van der Waals surface area contributed by atoms with Crippen LogP contribution in [0.2, 0.25) is 5.02 Å². The predicted molar refractivity (Wildman–Crippen MR) is 151 cm³/mol. The Kier molecular flexibility index (Phi) is 7.97. The van der Waals surface area contributed by atoms with Crippen LogP contribution in [0.25, 0.3) is 0 Å². The van der Waals surface area contributed by atoms with Crippen molar-refractivity contribution in [3.63, 3.8) is 0 Å². The number of nitrogens with one attached hydrogen (secondary N) is 1. The molecule has 4 rings (SSSR count). The molecule has 1 amide bonds. The smallest absolute Gasteiger partial charge is 0.337 e. The first kappa shape index (κ1) is 27.3. The Morgan fingerprint density at radius 3 is 2.23 bits per heavy atom. The maximum absolute atomic E-state index is 13.1. The highest BCUT2D eigenvalue weighted by atomic mass is 35.5. The maximum Gasteiger partial charge on any atom is 0.337 e. The summed E-state index contributed by atoms with van der Waals surface area (Å²) in [5.41, 5.74) is 3.85. The third kappa shape index (κ3) is 5.91. The van der Waals surface area contributed by atoms with Gasteiger partial charge in [-0.2, -0.15) is 0 Å². The fraction of sp³-hybridized carbons (Fsp3) is 0.133. The maximum atomic E-state index is 13.1. The minimum Gasteiger partial charge on any atom is -0.496 e. The topological polar surface area (TPSA) is 109 Å². The predicted octanol–water partition coefficient (Wildman–Crippen LogP) is 6.31. The number of ketones is 1. The van der Waals surface area contributed by atoms with E-state index in [-0.39, 0.29) is 22.5 Å². The highest BCUT2D eigenvalue weighted by Gasteiger charge is 2.19. The monoisotopic (exact) mass is 543 g/mol. The van der Waals surface area contributed by atoms with Crippen LogP contribution in [0.3, 0.4) is 0 Å². The number of hydrogen-bond donors (Lipinski definition) is 2. The summed E-state index contributed by atoms with van der Waals surface area (Å²) in [6, 6.07) is 18.0. The first-order valence-electron chi connectivity index (χ1n) is 11.9. The number of hydrogen-bond acceptors (Lipinski definition) is 6. The van der Waals surface area contributed by atoms with Gasteiger partial charge < -0.3 is 20.1 Å². The number of methoxy groups -OCH3 is 1. The zero-order chi connectivity index (χ0) is 28.3. The van der Waals surface area contributed by atoms with Gasteiger partial charge >= 0.3 is 5.97 Å². The number of carboxylic acid groups (broad SMARTS) is 1. The van der Waals surface area contributed by atoms with Crippen molar-refractivity contribution >= 4 is 46.3 Å². The van der Waals surface area contributed by atoms with E-state index in [1.54, 1.807) is 42.6 Å². The number of benzene rings is 3. The van der Waals surface area contributed by atoms with E-state index in [1.807, 2.05) is 37.9 Å². The number of anilines is 3. The summed E-state index contributed by atoms with van der Waals surface area (Å²) in [5.74, 6) is -1.68. The largest absolute Gasteiger partial charge is 0.496 e. The van der Waals surface area contributed by atoms with E-state index >= 15 is 0 Å². The summed E-state index contributed by atoms with van der Waals surface area (Å²) < 4.78 is 5.34. The SMILES string of the molecule is COc1cc(C(=O)Nc2ccc(C(=O)c3ccc(N(C)c4ccc(Cl)cc4)cn3)cc2C(=O)O)cc(C)c1C. The van der Waals surface area contributed by atoms with Crippen molar-refractivity contribution in [2.45, 2.75) is 13.8 Å². The first-order chi connectivity index (χ1) is 18.6. The number of carbonyl (C=O) groups is 3.